The maximum atomic E-state index is 11.7. The number of aromatic nitrogens is 1. The van der Waals surface area contributed by atoms with Gasteiger partial charge in [0.05, 0.1) is 12.5 Å². The molecule has 1 aromatic heterocycles. The van der Waals surface area contributed by atoms with Gasteiger partial charge in [0.15, 0.2) is 0 Å². The zero-order chi connectivity index (χ0) is 13.2. The summed E-state index contributed by atoms with van der Waals surface area (Å²) in [7, 11) is 0. The second-order valence-electron chi connectivity index (χ2n) is 4.17. The van der Waals surface area contributed by atoms with Crippen molar-refractivity contribution in [3.8, 4) is 5.88 Å². The fourth-order valence-electron chi connectivity index (χ4n) is 1.60. The van der Waals surface area contributed by atoms with E-state index in [9.17, 15) is 4.79 Å². The molecule has 1 aliphatic rings. The Bertz CT molecular complexity index is 451. The fraction of sp³-hybridized carbons (Fsp3) is 0.500. The summed E-state index contributed by atoms with van der Waals surface area (Å²) in [6.07, 6.45) is 2.17. The van der Waals surface area contributed by atoms with E-state index in [0.29, 0.717) is 25.5 Å². The number of ether oxygens (including phenoxy) is 1. The van der Waals surface area contributed by atoms with E-state index < -0.39 is 4.33 Å². The van der Waals surface area contributed by atoms with E-state index in [1.807, 2.05) is 13.0 Å². The molecule has 1 amide bonds. The first-order valence-corrected chi connectivity index (χ1v) is 6.52. The molecule has 4 nitrogen and oxygen atoms in total. The Morgan fingerprint density at radius 2 is 2.39 bits per heavy atom. The molecule has 1 aromatic rings. The van der Waals surface area contributed by atoms with Crippen LogP contribution in [0.5, 0.6) is 5.88 Å². The molecule has 1 heterocycles. The second-order valence-corrected chi connectivity index (χ2v) is 5.71. The van der Waals surface area contributed by atoms with Crippen LogP contribution in [0.4, 0.5) is 0 Å². The van der Waals surface area contributed by atoms with Crippen LogP contribution in [0.15, 0.2) is 18.3 Å². The molecule has 6 heteroatoms. The second kappa shape index (κ2) is 5.33. The maximum absolute atomic E-state index is 11.7. The number of halogens is 2. The van der Waals surface area contributed by atoms with E-state index in [1.165, 1.54) is 0 Å². The van der Waals surface area contributed by atoms with E-state index >= 15 is 0 Å². The third-order valence-corrected chi connectivity index (χ3v) is 3.54. The SMILES string of the molecule is CCOc1cc(CNC(=O)C2CC2(Cl)Cl)ccn1. The minimum Gasteiger partial charge on any atom is -0.478 e. The number of amides is 1. The Morgan fingerprint density at radius 1 is 1.67 bits per heavy atom. The van der Waals surface area contributed by atoms with E-state index in [2.05, 4.69) is 10.3 Å². The molecule has 2 rings (SSSR count). The first kappa shape index (κ1) is 13.4. The number of hydrogen-bond acceptors (Lipinski definition) is 3. The quantitative estimate of drug-likeness (QED) is 0.846. The highest BCUT2D eigenvalue weighted by Gasteiger charge is 2.56. The Hall–Kier alpha value is -1.00. The number of hydrogen-bond donors (Lipinski definition) is 1. The average molecular weight is 289 g/mol. The third-order valence-electron chi connectivity index (χ3n) is 2.70. The molecule has 1 atom stereocenters. The zero-order valence-electron chi connectivity index (χ0n) is 9.95. The minimum atomic E-state index is -0.876. The monoisotopic (exact) mass is 288 g/mol. The van der Waals surface area contributed by atoms with Gasteiger partial charge in [-0.15, -0.1) is 23.2 Å². The first-order chi connectivity index (χ1) is 8.53. The highest BCUT2D eigenvalue weighted by Crippen LogP contribution is 2.53. The van der Waals surface area contributed by atoms with Crippen LogP contribution in [-0.2, 0) is 11.3 Å². The lowest BCUT2D eigenvalue weighted by Crippen LogP contribution is -2.26. The van der Waals surface area contributed by atoms with Crippen molar-refractivity contribution in [2.24, 2.45) is 5.92 Å². The molecular formula is C12H14Cl2N2O2. The fourth-order valence-corrected chi connectivity index (χ4v) is 2.10. The predicted molar refractivity (Wildman–Crippen MR) is 69.8 cm³/mol. The summed E-state index contributed by atoms with van der Waals surface area (Å²) in [6.45, 7) is 2.87. The lowest BCUT2D eigenvalue weighted by Gasteiger charge is -2.07. The third kappa shape index (κ3) is 3.27. The van der Waals surface area contributed by atoms with Gasteiger partial charge in [-0.25, -0.2) is 4.98 Å². The van der Waals surface area contributed by atoms with Crippen molar-refractivity contribution in [2.45, 2.75) is 24.2 Å². The smallest absolute Gasteiger partial charge is 0.226 e. The van der Waals surface area contributed by atoms with Crippen molar-refractivity contribution < 1.29 is 9.53 Å². The van der Waals surface area contributed by atoms with Gasteiger partial charge in [0.1, 0.15) is 4.33 Å². The Balaban J connectivity index is 1.86. The van der Waals surface area contributed by atoms with Crippen molar-refractivity contribution in [3.63, 3.8) is 0 Å². The number of carbonyl (C=O) groups excluding carboxylic acids is 1. The number of carbonyl (C=O) groups is 1. The average Bonchev–Trinajstić information content (AvgIpc) is 2.97. The molecule has 0 radical (unpaired) electrons. The van der Waals surface area contributed by atoms with Gasteiger partial charge in [-0.05, 0) is 25.0 Å². The Kier molecular flexibility index (Phi) is 3.97. The summed E-state index contributed by atoms with van der Waals surface area (Å²) < 4.78 is 4.40. The molecule has 0 aliphatic heterocycles. The lowest BCUT2D eigenvalue weighted by molar-refractivity contribution is -0.122. The van der Waals surface area contributed by atoms with Crippen LogP contribution in [0.25, 0.3) is 0 Å². The lowest BCUT2D eigenvalue weighted by atomic mass is 10.2. The van der Waals surface area contributed by atoms with Gasteiger partial charge in [0.25, 0.3) is 0 Å². The van der Waals surface area contributed by atoms with Gasteiger partial charge in [-0.2, -0.15) is 0 Å². The number of pyridine rings is 1. The maximum Gasteiger partial charge on any atom is 0.226 e. The predicted octanol–water partition coefficient (Wildman–Crippen LogP) is 2.29. The molecule has 0 bridgehead atoms. The summed E-state index contributed by atoms with van der Waals surface area (Å²) in [4.78, 5) is 15.7. The number of rotatable bonds is 5. The normalized spacial score (nSPS) is 20.3. The number of nitrogens with one attached hydrogen (secondary N) is 1. The molecule has 1 saturated carbocycles. The number of nitrogens with zero attached hydrogens (tertiary/aromatic N) is 1. The standard InChI is InChI=1S/C12H14Cl2N2O2/c1-2-18-10-5-8(3-4-15-10)7-16-11(17)9-6-12(9,13)14/h3-5,9H,2,6-7H2,1H3,(H,16,17). The molecule has 0 saturated heterocycles. The van der Waals surface area contributed by atoms with E-state index in [-0.39, 0.29) is 11.8 Å². The molecular weight excluding hydrogens is 275 g/mol. The van der Waals surface area contributed by atoms with Crippen molar-refractivity contribution in [1.82, 2.24) is 10.3 Å². The van der Waals surface area contributed by atoms with Crippen LogP contribution in [0.3, 0.4) is 0 Å². The summed E-state index contributed by atoms with van der Waals surface area (Å²) in [5, 5.41) is 2.79. The van der Waals surface area contributed by atoms with Gasteiger partial charge >= 0.3 is 0 Å². The van der Waals surface area contributed by atoms with Gasteiger partial charge in [0.2, 0.25) is 11.8 Å². The zero-order valence-corrected chi connectivity index (χ0v) is 11.5. The summed E-state index contributed by atoms with van der Waals surface area (Å²) in [5.74, 6) is 0.142. The topological polar surface area (TPSA) is 51.2 Å². The molecule has 1 unspecified atom stereocenters. The van der Waals surface area contributed by atoms with Crippen LogP contribution >= 0.6 is 23.2 Å². The van der Waals surface area contributed by atoms with E-state index in [0.717, 1.165) is 5.56 Å². The minimum absolute atomic E-state index is 0.116. The Morgan fingerprint density at radius 3 is 3.00 bits per heavy atom. The van der Waals surface area contributed by atoms with Crippen LogP contribution in [0.2, 0.25) is 0 Å². The van der Waals surface area contributed by atoms with Crippen LogP contribution in [0, 0.1) is 5.92 Å². The summed E-state index contributed by atoms with van der Waals surface area (Å²) >= 11 is 11.6. The molecule has 1 aliphatic carbocycles. The van der Waals surface area contributed by atoms with Crippen molar-refractivity contribution in [3.05, 3.63) is 23.9 Å². The highest BCUT2D eigenvalue weighted by atomic mass is 35.5. The molecule has 0 aromatic carbocycles. The van der Waals surface area contributed by atoms with E-state index in [4.69, 9.17) is 27.9 Å². The summed E-state index contributed by atoms with van der Waals surface area (Å²) in [6, 6.07) is 3.62. The van der Waals surface area contributed by atoms with Crippen LogP contribution < -0.4 is 10.1 Å². The number of alkyl halides is 2. The van der Waals surface area contributed by atoms with Crippen LogP contribution in [0.1, 0.15) is 18.9 Å². The van der Waals surface area contributed by atoms with Crippen molar-refractivity contribution in [1.29, 1.82) is 0 Å². The first-order valence-electron chi connectivity index (χ1n) is 5.76. The van der Waals surface area contributed by atoms with Gasteiger partial charge in [-0.3, -0.25) is 4.79 Å². The summed E-state index contributed by atoms with van der Waals surface area (Å²) in [5.41, 5.74) is 0.928. The largest absolute Gasteiger partial charge is 0.478 e. The molecule has 0 spiro atoms. The Labute approximate surface area is 116 Å². The van der Waals surface area contributed by atoms with Crippen LogP contribution in [-0.4, -0.2) is 21.8 Å². The van der Waals surface area contributed by atoms with E-state index in [1.54, 1.807) is 12.3 Å². The van der Waals surface area contributed by atoms with Gasteiger partial charge in [0, 0.05) is 18.8 Å². The van der Waals surface area contributed by atoms with Crippen molar-refractivity contribution in [2.75, 3.05) is 6.61 Å². The van der Waals surface area contributed by atoms with Crippen molar-refractivity contribution >= 4 is 29.1 Å². The highest BCUT2D eigenvalue weighted by molar-refractivity contribution is 6.52. The van der Waals surface area contributed by atoms with Gasteiger partial charge in [-0.1, -0.05) is 0 Å². The van der Waals surface area contributed by atoms with Gasteiger partial charge < -0.3 is 10.1 Å². The molecule has 98 valence electrons. The molecule has 18 heavy (non-hydrogen) atoms. The molecule has 1 fully saturated rings. The molecule has 1 N–H and O–H groups in total.